The molecule has 1 amide bonds. The second-order valence-corrected chi connectivity index (χ2v) is 4.28. The minimum atomic E-state index is -0.0617. The van der Waals surface area contributed by atoms with Crippen molar-refractivity contribution in [3.63, 3.8) is 0 Å². The summed E-state index contributed by atoms with van der Waals surface area (Å²) >= 11 is 0. The van der Waals surface area contributed by atoms with E-state index in [0.717, 1.165) is 19.3 Å². The average molecular weight is 250 g/mol. The van der Waals surface area contributed by atoms with E-state index in [-0.39, 0.29) is 12.5 Å². The normalized spacial score (nSPS) is 10.3. The smallest absolute Gasteiger partial charge is 0.227 e. The van der Waals surface area contributed by atoms with Gasteiger partial charge < -0.3 is 15.7 Å². The Morgan fingerprint density at radius 1 is 1.33 bits per heavy atom. The molecule has 0 heterocycles. The van der Waals surface area contributed by atoms with Gasteiger partial charge in [0, 0.05) is 13.0 Å². The van der Waals surface area contributed by atoms with Crippen molar-refractivity contribution in [2.24, 2.45) is 0 Å². The molecule has 0 unspecified atom stereocenters. The van der Waals surface area contributed by atoms with Crippen LogP contribution >= 0.6 is 0 Å². The number of anilines is 2. The fourth-order valence-electron chi connectivity index (χ4n) is 1.87. The van der Waals surface area contributed by atoms with Gasteiger partial charge in [0.2, 0.25) is 5.91 Å². The quantitative estimate of drug-likeness (QED) is 0.575. The highest BCUT2D eigenvalue weighted by Crippen LogP contribution is 2.23. The predicted octanol–water partition coefficient (Wildman–Crippen LogP) is 2.17. The number of hydrogen-bond donors (Lipinski definition) is 2. The van der Waals surface area contributed by atoms with Crippen LogP contribution in [0.3, 0.4) is 0 Å². The summed E-state index contributed by atoms with van der Waals surface area (Å²) < 4.78 is 0. The van der Waals surface area contributed by atoms with Crippen LogP contribution in [0.2, 0.25) is 0 Å². The van der Waals surface area contributed by atoms with Crippen molar-refractivity contribution in [3.8, 4) is 0 Å². The molecule has 1 aromatic rings. The third-order valence-electron chi connectivity index (χ3n) is 2.85. The fourth-order valence-corrected chi connectivity index (χ4v) is 1.87. The Kier molecular flexibility index (Phi) is 6.22. The molecule has 0 aliphatic heterocycles. The standard InChI is InChI=1S/C14H22N2O2/c1-2-3-4-9-14(18)16(10-11-17)13-8-6-5-7-12(13)15/h5-8,17H,2-4,9-11,15H2,1H3. The Morgan fingerprint density at radius 3 is 2.67 bits per heavy atom. The van der Waals surface area contributed by atoms with Crippen LogP contribution in [0.4, 0.5) is 11.4 Å². The molecule has 0 bridgehead atoms. The van der Waals surface area contributed by atoms with Gasteiger partial charge in [0.05, 0.1) is 18.0 Å². The van der Waals surface area contributed by atoms with Crippen LogP contribution in [-0.2, 0) is 4.79 Å². The number of unbranched alkanes of at least 4 members (excludes halogenated alkanes) is 2. The zero-order valence-electron chi connectivity index (χ0n) is 10.9. The number of hydrogen-bond acceptors (Lipinski definition) is 3. The Balaban J connectivity index is 2.76. The zero-order chi connectivity index (χ0) is 13.4. The van der Waals surface area contributed by atoms with Crippen LogP contribution in [0.15, 0.2) is 24.3 Å². The maximum atomic E-state index is 12.1. The van der Waals surface area contributed by atoms with Crippen molar-refractivity contribution in [1.29, 1.82) is 0 Å². The number of rotatable bonds is 7. The van der Waals surface area contributed by atoms with Crippen molar-refractivity contribution >= 4 is 17.3 Å². The number of benzene rings is 1. The Bertz CT molecular complexity index is 380. The molecular weight excluding hydrogens is 228 g/mol. The van der Waals surface area contributed by atoms with Crippen molar-refractivity contribution in [1.82, 2.24) is 0 Å². The van der Waals surface area contributed by atoms with Crippen LogP contribution in [-0.4, -0.2) is 24.2 Å². The number of para-hydroxylation sites is 2. The van der Waals surface area contributed by atoms with Crippen LogP contribution in [0, 0.1) is 0 Å². The van der Waals surface area contributed by atoms with E-state index < -0.39 is 0 Å². The van der Waals surface area contributed by atoms with Crippen molar-refractivity contribution in [3.05, 3.63) is 24.3 Å². The lowest BCUT2D eigenvalue weighted by Crippen LogP contribution is -2.33. The number of nitrogens with two attached hydrogens (primary N) is 1. The summed E-state index contributed by atoms with van der Waals surface area (Å²) in [4.78, 5) is 13.7. The van der Waals surface area contributed by atoms with Crippen LogP contribution in [0.1, 0.15) is 32.6 Å². The molecule has 0 saturated carbocycles. The van der Waals surface area contributed by atoms with Gasteiger partial charge in [-0.05, 0) is 18.6 Å². The summed E-state index contributed by atoms with van der Waals surface area (Å²) in [5.74, 6) is 0.0235. The highest BCUT2D eigenvalue weighted by Gasteiger charge is 2.16. The van der Waals surface area contributed by atoms with E-state index in [1.54, 1.807) is 11.0 Å². The summed E-state index contributed by atoms with van der Waals surface area (Å²) in [5, 5.41) is 9.07. The number of amides is 1. The topological polar surface area (TPSA) is 66.6 Å². The van der Waals surface area contributed by atoms with Gasteiger partial charge in [0.25, 0.3) is 0 Å². The lowest BCUT2D eigenvalue weighted by atomic mass is 10.1. The first-order chi connectivity index (χ1) is 8.70. The molecule has 0 atom stereocenters. The molecule has 0 aromatic heterocycles. The van der Waals surface area contributed by atoms with Gasteiger partial charge >= 0.3 is 0 Å². The minimum absolute atomic E-state index is 0.0235. The van der Waals surface area contributed by atoms with E-state index in [2.05, 4.69) is 6.92 Å². The maximum Gasteiger partial charge on any atom is 0.227 e. The van der Waals surface area contributed by atoms with E-state index in [1.165, 1.54) is 0 Å². The van der Waals surface area contributed by atoms with Crippen molar-refractivity contribution in [2.45, 2.75) is 32.6 Å². The molecule has 4 nitrogen and oxygen atoms in total. The molecule has 0 radical (unpaired) electrons. The molecule has 100 valence electrons. The minimum Gasteiger partial charge on any atom is -0.397 e. The average Bonchev–Trinajstić information content (AvgIpc) is 2.37. The van der Waals surface area contributed by atoms with Crippen LogP contribution < -0.4 is 10.6 Å². The summed E-state index contributed by atoms with van der Waals surface area (Å²) in [6.07, 6.45) is 3.51. The summed E-state index contributed by atoms with van der Waals surface area (Å²) in [7, 11) is 0. The van der Waals surface area contributed by atoms with Crippen LogP contribution in [0.5, 0.6) is 0 Å². The third-order valence-corrected chi connectivity index (χ3v) is 2.85. The number of carbonyl (C=O) groups excluding carboxylic acids is 1. The highest BCUT2D eigenvalue weighted by molar-refractivity contribution is 5.96. The molecule has 18 heavy (non-hydrogen) atoms. The van der Waals surface area contributed by atoms with Crippen molar-refractivity contribution < 1.29 is 9.90 Å². The monoisotopic (exact) mass is 250 g/mol. The second-order valence-electron chi connectivity index (χ2n) is 4.28. The Labute approximate surface area is 108 Å². The molecule has 0 aliphatic carbocycles. The maximum absolute atomic E-state index is 12.1. The lowest BCUT2D eigenvalue weighted by Gasteiger charge is -2.23. The molecular formula is C14H22N2O2. The molecule has 0 saturated heterocycles. The molecule has 1 aromatic carbocycles. The van der Waals surface area contributed by atoms with E-state index in [9.17, 15) is 4.79 Å². The second kappa shape index (κ2) is 7.71. The van der Waals surface area contributed by atoms with Crippen LogP contribution in [0.25, 0.3) is 0 Å². The summed E-state index contributed by atoms with van der Waals surface area (Å²) in [6, 6.07) is 7.24. The first kappa shape index (κ1) is 14.5. The first-order valence-corrected chi connectivity index (χ1v) is 6.46. The van der Waals surface area contributed by atoms with E-state index in [0.29, 0.717) is 24.3 Å². The molecule has 3 N–H and O–H groups in total. The third kappa shape index (κ3) is 4.04. The number of nitrogen functional groups attached to an aromatic ring is 1. The van der Waals surface area contributed by atoms with Gasteiger partial charge in [-0.15, -0.1) is 0 Å². The zero-order valence-corrected chi connectivity index (χ0v) is 10.9. The molecule has 0 aliphatic rings. The van der Waals surface area contributed by atoms with Crippen molar-refractivity contribution in [2.75, 3.05) is 23.8 Å². The highest BCUT2D eigenvalue weighted by atomic mass is 16.3. The summed E-state index contributed by atoms with van der Waals surface area (Å²) in [5.41, 5.74) is 7.12. The molecule has 1 rings (SSSR count). The molecule has 4 heteroatoms. The predicted molar refractivity (Wildman–Crippen MR) is 74.4 cm³/mol. The first-order valence-electron chi connectivity index (χ1n) is 6.46. The Morgan fingerprint density at radius 2 is 2.06 bits per heavy atom. The van der Waals surface area contributed by atoms with Gasteiger partial charge in [-0.3, -0.25) is 4.79 Å². The number of aliphatic hydroxyl groups is 1. The largest absolute Gasteiger partial charge is 0.397 e. The number of carbonyl (C=O) groups is 1. The van der Waals surface area contributed by atoms with Gasteiger partial charge in [-0.2, -0.15) is 0 Å². The van der Waals surface area contributed by atoms with Gasteiger partial charge in [-0.25, -0.2) is 0 Å². The summed E-state index contributed by atoms with van der Waals surface area (Å²) in [6.45, 7) is 2.33. The number of aliphatic hydroxyl groups excluding tert-OH is 1. The Hall–Kier alpha value is -1.55. The molecule has 0 fully saturated rings. The molecule has 0 spiro atoms. The van der Waals surface area contributed by atoms with E-state index in [1.807, 2.05) is 18.2 Å². The van der Waals surface area contributed by atoms with Gasteiger partial charge in [0.15, 0.2) is 0 Å². The van der Waals surface area contributed by atoms with Gasteiger partial charge in [-0.1, -0.05) is 31.9 Å². The fraction of sp³-hybridized carbons (Fsp3) is 0.500. The van der Waals surface area contributed by atoms with Gasteiger partial charge in [0.1, 0.15) is 0 Å². The number of nitrogens with zero attached hydrogens (tertiary/aromatic N) is 1. The van der Waals surface area contributed by atoms with E-state index >= 15 is 0 Å². The SMILES string of the molecule is CCCCCC(=O)N(CCO)c1ccccc1N. The lowest BCUT2D eigenvalue weighted by molar-refractivity contribution is -0.118. The van der Waals surface area contributed by atoms with E-state index in [4.69, 9.17) is 10.8 Å².